The van der Waals surface area contributed by atoms with Crippen LogP contribution in [-0.2, 0) is 11.3 Å². The number of likely N-dealkylation sites (N-methyl/N-ethyl adjacent to an activating group) is 1. The Morgan fingerprint density at radius 1 is 1.50 bits per heavy atom. The maximum absolute atomic E-state index is 12.2. The molecule has 0 aliphatic carbocycles. The summed E-state index contributed by atoms with van der Waals surface area (Å²) in [6.07, 6.45) is 3.05. The van der Waals surface area contributed by atoms with Crippen molar-refractivity contribution in [1.82, 2.24) is 15.1 Å². The zero-order valence-electron chi connectivity index (χ0n) is 11.5. The minimum atomic E-state index is -0.215. The highest BCUT2D eigenvalue weighted by Gasteiger charge is 2.21. The fourth-order valence-electron chi connectivity index (χ4n) is 1.99. The molecule has 1 N–H and O–H groups in total. The van der Waals surface area contributed by atoms with Crippen LogP contribution in [0.25, 0.3) is 0 Å². The highest BCUT2D eigenvalue weighted by molar-refractivity contribution is 5.97. The molecular weight excluding hydrogens is 256 g/mol. The predicted molar refractivity (Wildman–Crippen MR) is 73.3 cm³/mol. The number of nitrogens with zero attached hydrogens (tertiary/aromatic N) is 3. The minimum absolute atomic E-state index is 0.126. The van der Waals surface area contributed by atoms with Gasteiger partial charge < -0.3 is 19.5 Å². The van der Waals surface area contributed by atoms with E-state index in [9.17, 15) is 4.79 Å². The maximum atomic E-state index is 12.2. The summed E-state index contributed by atoms with van der Waals surface area (Å²) in [5.41, 5.74) is 0.126. The van der Waals surface area contributed by atoms with E-state index in [1.807, 2.05) is 19.2 Å². The van der Waals surface area contributed by atoms with Crippen LogP contribution in [0.1, 0.15) is 5.76 Å². The molecular formula is C14H18N4O2. The second kappa shape index (κ2) is 6.78. The summed E-state index contributed by atoms with van der Waals surface area (Å²) >= 11 is 0. The Morgan fingerprint density at radius 2 is 2.25 bits per heavy atom. The molecule has 1 aliphatic heterocycles. The predicted octanol–water partition coefficient (Wildman–Crippen LogP) is 0.551. The fraction of sp³-hybridized carbons (Fsp3) is 0.429. The Kier molecular flexibility index (Phi) is 4.80. The van der Waals surface area contributed by atoms with E-state index in [0.29, 0.717) is 19.6 Å². The molecule has 1 fully saturated rings. The van der Waals surface area contributed by atoms with E-state index >= 15 is 0 Å². The molecule has 6 nitrogen and oxygen atoms in total. The molecule has 1 aromatic rings. The summed E-state index contributed by atoms with van der Waals surface area (Å²) in [5, 5.41) is 12.0. The van der Waals surface area contributed by atoms with Gasteiger partial charge in [0.15, 0.2) is 0 Å². The Hall–Kier alpha value is -2.26. The van der Waals surface area contributed by atoms with Crippen LogP contribution >= 0.6 is 0 Å². The third-order valence-corrected chi connectivity index (χ3v) is 3.24. The number of furan rings is 1. The normalized spacial score (nSPS) is 16.8. The number of amides is 1. The molecule has 106 valence electrons. The monoisotopic (exact) mass is 274 g/mol. The van der Waals surface area contributed by atoms with E-state index in [4.69, 9.17) is 9.68 Å². The maximum Gasteiger partial charge on any atom is 0.266 e. The van der Waals surface area contributed by atoms with Gasteiger partial charge in [-0.15, -0.1) is 0 Å². The van der Waals surface area contributed by atoms with Gasteiger partial charge in [-0.2, -0.15) is 5.26 Å². The van der Waals surface area contributed by atoms with Crippen molar-refractivity contribution in [2.45, 2.75) is 6.54 Å². The number of rotatable bonds is 4. The lowest BCUT2D eigenvalue weighted by Gasteiger charge is -2.32. The first-order valence-electron chi connectivity index (χ1n) is 6.54. The highest BCUT2D eigenvalue weighted by Crippen LogP contribution is 2.06. The van der Waals surface area contributed by atoms with Crippen LogP contribution < -0.4 is 5.32 Å². The molecule has 20 heavy (non-hydrogen) atoms. The van der Waals surface area contributed by atoms with Crippen molar-refractivity contribution < 1.29 is 9.21 Å². The fourth-order valence-corrected chi connectivity index (χ4v) is 1.99. The molecule has 1 aliphatic rings. The second-order valence-electron chi connectivity index (χ2n) is 4.73. The van der Waals surface area contributed by atoms with Gasteiger partial charge >= 0.3 is 0 Å². The van der Waals surface area contributed by atoms with Crippen molar-refractivity contribution in [2.24, 2.45) is 0 Å². The van der Waals surface area contributed by atoms with Crippen LogP contribution in [0.5, 0.6) is 0 Å². The van der Waals surface area contributed by atoms with Crippen molar-refractivity contribution in [3.63, 3.8) is 0 Å². The highest BCUT2D eigenvalue weighted by atomic mass is 16.3. The lowest BCUT2D eigenvalue weighted by Crippen LogP contribution is -2.47. The van der Waals surface area contributed by atoms with Gasteiger partial charge in [0.05, 0.1) is 12.8 Å². The molecule has 0 spiro atoms. The van der Waals surface area contributed by atoms with E-state index < -0.39 is 0 Å². The zero-order chi connectivity index (χ0) is 14.4. The molecule has 0 saturated carbocycles. The number of hydrogen-bond donors (Lipinski definition) is 1. The Morgan fingerprint density at radius 3 is 2.85 bits per heavy atom. The SMILES string of the molecule is CN1CCN(C(=O)/C(C#N)=C\NCc2ccco2)CC1. The van der Waals surface area contributed by atoms with Crippen LogP contribution in [0, 0.1) is 11.3 Å². The lowest BCUT2D eigenvalue weighted by molar-refractivity contribution is -0.128. The molecule has 1 aromatic heterocycles. The van der Waals surface area contributed by atoms with Crippen LogP contribution in [0.3, 0.4) is 0 Å². The smallest absolute Gasteiger partial charge is 0.266 e. The number of piperazine rings is 1. The van der Waals surface area contributed by atoms with Gasteiger partial charge in [-0.05, 0) is 19.2 Å². The number of nitrogens with one attached hydrogen (secondary N) is 1. The summed E-state index contributed by atoms with van der Waals surface area (Å²) in [6, 6.07) is 5.58. The molecule has 0 unspecified atom stereocenters. The van der Waals surface area contributed by atoms with Crippen LogP contribution in [0.4, 0.5) is 0 Å². The number of nitriles is 1. The van der Waals surface area contributed by atoms with E-state index in [0.717, 1.165) is 18.8 Å². The van der Waals surface area contributed by atoms with E-state index in [2.05, 4.69) is 10.2 Å². The summed E-state index contributed by atoms with van der Waals surface area (Å²) in [5.74, 6) is 0.540. The van der Waals surface area contributed by atoms with E-state index in [-0.39, 0.29) is 11.5 Å². The van der Waals surface area contributed by atoms with Gasteiger partial charge in [-0.25, -0.2) is 0 Å². The van der Waals surface area contributed by atoms with Crippen LogP contribution in [0.15, 0.2) is 34.6 Å². The van der Waals surface area contributed by atoms with Gasteiger partial charge in [-0.1, -0.05) is 0 Å². The van der Waals surface area contributed by atoms with Gasteiger partial charge in [0.25, 0.3) is 5.91 Å². The van der Waals surface area contributed by atoms with E-state index in [1.165, 1.54) is 6.20 Å². The average molecular weight is 274 g/mol. The topological polar surface area (TPSA) is 72.5 Å². The van der Waals surface area contributed by atoms with Crippen molar-refractivity contribution in [3.05, 3.63) is 35.9 Å². The van der Waals surface area contributed by atoms with Gasteiger partial charge in [0.1, 0.15) is 17.4 Å². The molecule has 0 aromatic carbocycles. The van der Waals surface area contributed by atoms with Crippen molar-refractivity contribution >= 4 is 5.91 Å². The standard InChI is InChI=1S/C14H18N4O2/c1-17-4-6-18(7-5-17)14(19)12(9-15)10-16-11-13-3-2-8-20-13/h2-3,8,10,16H,4-7,11H2,1H3/b12-10-. The molecule has 2 rings (SSSR count). The third-order valence-electron chi connectivity index (χ3n) is 3.24. The minimum Gasteiger partial charge on any atom is -0.467 e. The Labute approximate surface area is 118 Å². The molecule has 1 saturated heterocycles. The molecule has 6 heteroatoms. The number of carbonyl (C=O) groups excluding carboxylic acids is 1. The first kappa shape index (κ1) is 14.2. The van der Waals surface area contributed by atoms with Crippen molar-refractivity contribution in [1.29, 1.82) is 5.26 Å². The number of hydrogen-bond acceptors (Lipinski definition) is 5. The Balaban J connectivity index is 1.90. The van der Waals surface area contributed by atoms with Gasteiger partial charge in [-0.3, -0.25) is 4.79 Å². The second-order valence-corrected chi connectivity index (χ2v) is 4.73. The average Bonchev–Trinajstić information content (AvgIpc) is 2.97. The summed E-state index contributed by atoms with van der Waals surface area (Å²) < 4.78 is 5.16. The summed E-state index contributed by atoms with van der Waals surface area (Å²) in [6.45, 7) is 3.45. The lowest BCUT2D eigenvalue weighted by atomic mass is 10.2. The first-order valence-corrected chi connectivity index (χ1v) is 6.54. The van der Waals surface area contributed by atoms with E-state index in [1.54, 1.807) is 17.2 Å². The largest absolute Gasteiger partial charge is 0.467 e. The molecule has 2 heterocycles. The summed E-state index contributed by atoms with van der Waals surface area (Å²) in [4.78, 5) is 16.1. The summed E-state index contributed by atoms with van der Waals surface area (Å²) in [7, 11) is 2.02. The van der Waals surface area contributed by atoms with Crippen molar-refractivity contribution in [3.8, 4) is 6.07 Å². The van der Waals surface area contributed by atoms with Crippen LogP contribution in [-0.4, -0.2) is 48.9 Å². The number of carbonyl (C=O) groups is 1. The molecule has 1 amide bonds. The quantitative estimate of drug-likeness (QED) is 0.641. The van der Waals surface area contributed by atoms with Crippen molar-refractivity contribution in [2.75, 3.05) is 33.2 Å². The molecule has 0 atom stereocenters. The third kappa shape index (κ3) is 3.62. The first-order chi connectivity index (χ1) is 9.70. The van der Waals surface area contributed by atoms with Gasteiger partial charge in [0.2, 0.25) is 0 Å². The van der Waals surface area contributed by atoms with Gasteiger partial charge in [0, 0.05) is 32.4 Å². The molecule has 0 bridgehead atoms. The Bertz CT molecular complexity index is 508. The zero-order valence-corrected chi connectivity index (χ0v) is 11.5. The van der Waals surface area contributed by atoms with Crippen LogP contribution in [0.2, 0.25) is 0 Å². The molecule has 0 radical (unpaired) electrons.